The first-order valence-electron chi connectivity index (χ1n) is 7.80. The number of hydrogen-bond donors (Lipinski definition) is 1. The number of hydrogen-bond acceptors (Lipinski definition) is 2. The third kappa shape index (κ3) is 2.90. The van der Waals surface area contributed by atoms with E-state index in [1.807, 2.05) is 12.1 Å². The van der Waals surface area contributed by atoms with Crippen LogP contribution in [0.25, 0.3) is 0 Å². The number of methoxy groups -OCH3 is 1. The molecule has 0 radical (unpaired) electrons. The number of rotatable bonds is 4. The molecule has 0 bridgehead atoms. The van der Waals surface area contributed by atoms with Gasteiger partial charge < -0.3 is 10.1 Å². The summed E-state index contributed by atoms with van der Waals surface area (Å²) in [7, 11) is 1.73. The summed E-state index contributed by atoms with van der Waals surface area (Å²) < 4.78 is 5.48. The van der Waals surface area contributed by atoms with Crippen LogP contribution in [-0.2, 0) is 12.8 Å². The molecular formula is C19H23NO. The second kappa shape index (κ2) is 6.21. The number of anilines is 1. The van der Waals surface area contributed by atoms with Gasteiger partial charge in [-0.05, 0) is 55.9 Å². The second-order valence-electron chi connectivity index (χ2n) is 5.76. The van der Waals surface area contributed by atoms with E-state index in [0.717, 1.165) is 5.75 Å². The van der Waals surface area contributed by atoms with Crippen LogP contribution in [0.2, 0.25) is 0 Å². The lowest BCUT2D eigenvalue weighted by molar-refractivity contribution is 0.408. The van der Waals surface area contributed by atoms with Crippen LogP contribution in [0.5, 0.6) is 5.75 Å². The molecule has 2 aromatic carbocycles. The van der Waals surface area contributed by atoms with Crippen molar-refractivity contribution in [3.8, 4) is 5.75 Å². The largest absolute Gasteiger partial charge is 0.496 e. The molecule has 3 rings (SSSR count). The van der Waals surface area contributed by atoms with Gasteiger partial charge in [-0.1, -0.05) is 30.3 Å². The molecule has 0 saturated heterocycles. The zero-order chi connectivity index (χ0) is 14.7. The molecule has 1 unspecified atom stereocenters. The number of benzene rings is 2. The number of aryl methyl sites for hydroxylation is 1. The van der Waals surface area contributed by atoms with Crippen LogP contribution >= 0.6 is 0 Å². The Morgan fingerprint density at radius 2 is 1.81 bits per heavy atom. The van der Waals surface area contributed by atoms with E-state index in [2.05, 4.69) is 42.6 Å². The minimum Gasteiger partial charge on any atom is -0.496 e. The average molecular weight is 281 g/mol. The van der Waals surface area contributed by atoms with E-state index in [4.69, 9.17) is 4.74 Å². The van der Waals surface area contributed by atoms with Crippen LogP contribution < -0.4 is 10.1 Å². The van der Waals surface area contributed by atoms with Crippen molar-refractivity contribution >= 4 is 5.69 Å². The van der Waals surface area contributed by atoms with Gasteiger partial charge in [0.2, 0.25) is 0 Å². The minimum absolute atomic E-state index is 0.231. The molecule has 0 aliphatic heterocycles. The summed E-state index contributed by atoms with van der Waals surface area (Å²) in [6, 6.07) is 15.1. The molecule has 1 N–H and O–H groups in total. The lowest BCUT2D eigenvalue weighted by Gasteiger charge is -2.24. The van der Waals surface area contributed by atoms with E-state index < -0.39 is 0 Å². The van der Waals surface area contributed by atoms with Crippen LogP contribution in [0, 0.1) is 0 Å². The molecule has 110 valence electrons. The summed E-state index contributed by atoms with van der Waals surface area (Å²) in [6.07, 6.45) is 5.03. The fourth-order valence-corrected chi connectivity index (χ4v) is 3.25. The summed E-state index contributed by atoms with van der Waals surface area (Å²) in [6.45, 7) is 2.19. The van der Waals surface area contributed by atoms with Gasteiger partial charge in [-0.25, -0.2) is 0 Å². The minimum atomic E-state index is 0.231. The normalized spacial score (nSPS) is 15.1. The van der Waals surface area contributed by atoms with Gasteiger partial charge in [-0.3, -0.25) is 0 Å². The van der Waals surface area contributed by atoms with Gasteiger partial charge >= 0.3 is 0 Å². The molecule has 1 aliphatic rings. The molecule has 2 nitrogen and oxygen atoms in total. The third-order valence-corrected chi connectivity index (χ3v) is 4.37. The summed E-state index contributed by atoms with van der Waals surface area (Å²) in [5, 5.41) is 3.68. The van der Waals surface area contributed by atoms with Crippen molar-refractivity contribution in [3.05, 3.63) is 59.2 Å². The maximum Gasteiger partial charge on any atom is 0.124 e. The van der Waals surface area contributed by atoms with Crippen molar-refractivity contribution in [1.29, 1.82) is 0 Å². The van der Waals surface area contributed by atoms with E-state index in [1.165, 1.54) is 48.1 Å². The van der Waals surface area contributed by atoms with Crippen molar-refractivity contribution in [2.45, 2.75) is 38.6 Å². The Kier molecular flexibility index (Phi) is 4.14. The first-order valence-corrected chi connectivity index (χ1v) is 7.80. The van der Waals surface area contributed by atoms with Gasteiger partial charge in [0, 0.05) is 11.3 Å². The Morgan fingerprint density at radius 1 is 1.00 bits per heavy atom. The highest BCUT2D eigenvalue weighted by atomic mass is 16.5. The Bertz CT molecular complexity index is 621. The second-order valence-corrected chi connectivity index (χ2v) is 5.76. The smallest absolute Gasteiger partial charge is 0.124 e. The van der Waals surface area contributed by atoms with Gasteiger partial charge in [0.1, 0.15) is 5.75 Å². The van der Waals surface area contributed by atoms with Crippen molar-refractivity contribution in [2.24, 2.45) is 0 Å². The molecule has 2 heteroatoms. The summed E-state index contributed by atoms with van der Waals surface area (Å²) >= 11 is 0. The van der Waals surface area contributed by atoms with Crippen LogP contribution in [-0.4, -0.2) is 7.11 Å². The van der Waals surface area contributed by atoms with Gasteiger partial charge in [0.05, 0.1) is 13.2 Å². The lowest BCUT2D eigenvalue weighted by Crippen LogP contribution is -2.12. The van der Waals surface area contributed by atoms with Crippen molar-refractivity contribution in [3.63, 3.8) is 0 Å². The van der Waals surface area contributed by atoms with Gasteiger partial charge in [-0.15, -0.1) is 0 Å². The van der Waals surface area contributed by atoms with Crippen LogP contribution in [0.1, 0.15) is 42.5 Å². The third-order valence-electron chi connectivity index (χ3n) is 4.37. The SMILES string of the molecule is COc1ccccc1C(C)Nc1cccc2c1CCCC2. The van der Waals surface area contributed by atoms with Crippen molar-refractivity contribution in [1.82, 2.24) is 0 Å². The Hall–Kier alpha value is -1.96. The van der Waals surface area contributed by atoms with Crippen LogP contribution in [0.4, 0.5) is 5.69 Å². The molecular weight excluding hydrogens is 258 g/mol. The predicted molar refractivity (Wildman–Crippen MR) is 88.1 cm³/mol. The standard InChI is InChI=1S/C19H23NO/c1-14(16-10-5-6-13-19(16)21-2)20-18-12-7-9-15-8-3-4-11-17(15)18/h5-7,9-10,12-14,20H,3-4,8,11H2,1-2H3. The predicted octanol–water partition coefficient (Wildman–Crippen LogP) is 4.75. The monoisotopic (exact) mass is 281 g/mol. The molecule has 1 aliphatic carbocycles. The first-order chi connectivity index (χ1) is 10.3. The molecule has 21 heavy (non-hydrogen) atoms. The van der Waals surface area contributed by atoms with Crippen molar-refractivity contribution in [2.75, 3.05) is 12.4 Å². The quantitative estimate of drug-likeness (QED) is 0.873. The number of fused-ring (bicyclic) bond motifs is 1. The number of ether oxygens (including phenoxy) is 1. The van der Waals surface area contributed by atoms with Crippen LogP contribution in [0.15, 0.2) is 42.5 Å². The fourth-order valence-electron chi connectivity index (χ4n) is 3.25. The highest BCUT2D eigenvalue weighted by Gasteiger charge is 2.16. The molecule has 0 amide bonds. The molecule has 1 atom stereocenters. The van der Waals surface area contributed by atoms with Crippen LogP contribution in [0.3, 0.4) is 0 Å². The summed E-state index contributed by atoms with van der Waals surface area (Å²) in [5.74, 6) is 0.947. The molecule has 0 saturated carbocycles. The fraction of sp³-hybridized carbons (Fsp3) is 0.368. The van der Waals surface area contributed by atoms with Gasteiger partial charge in [-0.2, -0.15) is 0 Å². The highest BCUT2D eigenvalue weighted by molar-refractivity contribution is 5.57. The number of para-hydroxylation sites is 1. The maximum atomic E-state index is 5.48. The number of nitrogens with one attached hydrogen (secondary N) is 1. The average Bonchev–Trinajstić information content (AvgIpc) is 2.55. The van der Waals surface area contributed by atoms with E-state index in [9.17, 15) is 0 Å². The topological polar surface area (TPSA) is 21.3 Å². The van der Waals surface area contributed by atoms with E-state index in [-0.39, 0.29) is 6.04 Å². The van der Waals surface area contributed by atoms with E-state index in [1.54, 1.807) is 7.11 Å². The lowest BCUT2D eigenvalue weighted by atomic mass is 9.90. The van der Waals surface area contributed by atoms with E-state index >= 15 is 0 Å². The maximum absolute atomic E-state index is 5.48. The molecule has 0 fully saturated rings. The zero-order valence-corrected chi connectivity index (χ0v) is 12.9. The van der Waals surface area contributed by atoms with Crippen molar-refractivity contribution < 1.29 is 4.74 Å². The summed E-state index contributed by atoms with van der Waals surface area (Å²) in [4.78, 5) is 0. The Labute approximate surface area is 127 Å². The summed E-state index contributed by atoms with van der Waals surface area (Å²) in [5.41, 5.74) is 5.50. The zero-order valence-electron chi connectivity index (χ0n) is 12.9. The van der Waals surface area contributed by atoms with Gasteiger partial charge in [0.15, 0.2) is 0 Å². The highest BCUT2D eigenvalue weighted by Crippen LogP contribution is 2.32. The molecule has 0 aromatic heterocycles. The van der Waals surface area contributed by atoms with E-state index in [0.29, 0.717) is 0 Å². The molecule has 2 aromatic rings. The first kappa shape index (κ1) is 14.0. The Morgan fingerprint density at radius 3 is 2.67 bits per heavy atom. The molecule has 0 heterocycles. The Balaban J connectivity index is 1.86. The molecule has 0 spiro atoms. The van der Waals surface area contributed by atoms with Gasteiger partial charge in [0.25, 0.3) is 0 Å².